The average molecular weight is 287 g/mol. The van der Waals surface area contributed by atoms with Crippen LogP contribution in [0, 0.1) is 16.0 Å². The van der Waals surface area contributed by atoms with E-state index in [4.69, 9.17) is 0 Å². The number of hydrogen-bond donors (Lipinski definition) is 0. The summed E-state index contributed by atoms with van der Waals surface area (Å²) in [7, 11) is -2.83. The molecule has 1 aliphatic carbocycles. The first kappa shape index (κ1) is 19.0. The maximum atomic E-state index is 10.6. The number of carbonyl (C=O) groups is 1. The zero-order valence-corrected chi connectivity index (χ0v) is 12.6. The van der Waals surface area contributed by atoms with Crippen LogP contribution < -0.4 is 56.5 Å². The molecule has 88 valence electrons. The standard InChI is InChI=1S/C7H5NO6S.K.H2O/c9-7(10)5-2-1-4(8(11)12)3-6(5)15(13)14;;/h1-3,5H,(H,9,10);;1H2/q;+1;/p-1. The van der Waals surface area contributed by atoms with E-state index in [2.05, 4.69) is 0 Å². The number of rotatable bonds is 2. The summed E-state index contributed by atoms with van der Waals surface area (Å²) in [6.45, 7) is 0. The number of nitro groups is 1. The summed E-state index contributed by atoms with van der Waals surface area (Å²) in [6.07, 6.45) is 2.53. The van der Waals surface area contributed by atoms with Gasteiger partial charge in [-0.2, -0.15) is 8.42 Å². The molecule has 1 rings (SSSR count). The van der Waals surface area contributed by atoms with Crippen LogP contribution >= 0.6 is 0 Å². The predicted octanol–water partition coefficient (Wildman–Crippen LogP) is -5.69. The molecule has 1 unspecified atom stereocenters. The largest absolute Gasteiger partial charge is 1.00 e. The molecule has 2 N–H and O–H groups in total. The van der Waals surface area contributed by atoms with Crippen molar-refractivity contribution in [2.45, 2.75) is 0 Å². The van der Waals surface area contributed by atoms with Gasteiger partial charge in [-0.05, 0) is 0 Å². The Morgan fingerprint density at radius 2 is 1.94 bits per heavy atom. The second kappa shape index (κ2) is 7.87. The molecular formula is C7H6KNO7S. The van der Waals surface area contributed by atoms with E-state index in [1.54, 1.807) is 0 Å². The quantitative estimate of drug-likeness (QED) is 0.214. The van der Waals surface area contributed by atoms with Gasteiger partial charge in [-0.15, -0.1) is 0 Å². The molecule has 10 heteroatoms. The van der Waals surface area contributed by atoms with Gasteiger partial charge < -0.3 is 15.4 Å². The Morgan fingerprint density at radius 1 is 1.41 bits per heavy atom. The number of allylic oxidation sites excluding steroid dienone is 2. The Balaban J connectivity index is 0. The van der Waals surface area contributed by atoms with Crippen molar-refractivity contribution in [3.05, 3.63) is 34.0 Å². The fraction of sp³-hybridized carbons (Fsp3) is 0.143. The molecular weight excluding hydrogens is 281 g/mol. The van der Waals surface area contributed by atoms with E-state index in [0.29, 0.717) is 6.08 Å². The predicted molar refractivity (Wildman–Crippen MR) is 50.3 cm³/mol. The molecule has 1 atom stereocenters. The summed E-state index contributed by atoms with van der Waals surface area (Å²) in [5.41, 5.74) is -0.480. The molecule has 0 aromatic carbocycles. The topological polar surface area (TPSA) is 149 Å². The molecule has 0 radical (unpaired) electrons. The normalized spacial score (nSPS) is 17.3. The number of nitrogens with zero attached hydrogens (tertiary/aromatic N) is 1. The minimum atomic E-state index is -2.83. The second-order valence-electron chi connectivity index (χ2n) is 2.62. The van der Waals surface area contributed by atoms with Crippen LogP contribution in [0.3, 0.4) is 0 Å². The van der Waals surface area contributed by atoms with Crippen molar-refractivity contribution >= 4 is 21.1 Å². The number of aliphatic carboxylic acids is 1. The zero-order chi connectivity index (χ0) is 11.6. The Hall–Kier alpha value is -0.364. The van der Waals surface area contributed by atoms with Gasteiger partial charge in [0.15, 0.2) is 0 Å². The molecule has 8 nitrogen and oxygen atoms in total. The van der Waals surface area contributed by atoms with E-state index in [0.717, 1.165) is 12.2 Å². The molecule has 0 aromatic heterocycles. The van der Waals surface area contributed by atoms with Crippen LogP contribution in [-0.2, 0) is 15.1 Å². The SMILES string of the molecule is O.O=C([O-])C1C=CC([N+](=O)[O-])=CC1=S(=O)=O.[K+]. The van der Waals surface area contributed by atoms with Crippen molar-refractivity contribution in [3.8, 4) is 0 Å². The monoisotopic (exact) mass is 287 g/mol. The molecule has 0 amide bonds. The summed E-state index contributed by atoms with van der Waals surface area (Å²) in [5.74, 6) is -3.09. The Bertz CT molecular complexity index is 510. The Kier molecular flexibility index (Phi) is 8.79. The average Bonchev–Trinajstić information content (AvgIpc) is 2.16. The first-order valence-electron chi connectivity index (χ1n) is 3.64. The number of carboxylic acid groups (broad SMARTS) is 1. The van der Waals surface area contributed by atoms with Gasteiger partial charge in [0.2, 0.25) is 10.3 Å². The second-order valence-corrected chi connectivity index (χ2v) is 3.56. The summed E-state index contributed by atoms with van der Waals surface area (Å²) in [4.78, 5) is 19.4. The molecule has 1 aliphatic rings. The van der Waals surface area contributed by atoms with Crippen molar-refractivity contribution < 1.29 is 80.1 Å². The van der Waals surface area contributed by atoms with Crippen LogP contribution in [0.25, 0.3) is 0 Å². The summed E-state index contributed by atoms with van der Waals surface area (Å²) < 4.78 is 21.2. The van der Waals surface area contributed by atoms with Gasteiger partial charge >= 0.3 is 51.4 Å². The van der Waals surface area contributed by atoms with Crippen molar-refractivity contribution in [3.63, 3.8) is 0 Å². The number of hydrogen-bond acceptors (Lipinski definition) is 6. The third-order valence-electron chi connectivity index (χ3n) is 1.71. The minimum absolute atomic E-state index is 0. The van der Waals surface area contributed by atoms with Gasteiger partial charge in [-0.1, -0.05) is 6.08 Å². The van der Waals surface area contributed by atoms with Crippen molar-refractivity contribution in [1.29, 1.82) is 0 Å². The molecule has 0 aromatic rings. The van der Waals surface area contributed by atoms with Crippen molar-refractivity contribution in [2.75, 3.05) is 0 Å². The summed E-state index contributed by atoms with van der Waals surface area (Å²) in [5, 5.41) is 20.8. The van der Waals surface area contributed by atoms with Gasteiger partial charge in [-0.25, -0.2) is 0 Å². The van der Waals surface area contributed by atoms with E-state index < -0.39 is 37.7 Å². The Morgan fingerprint density at radius 3 is 2.29 bits per heavy atom. The van der Waals surface area contributed by atoms with Gasteiger partial charge in [0.05, 0.1) is 21.7 Å². The van der Waals surface area contributed by atoms with E-state index in [-0.39, 0.29) is 56.9 Å². The third-order valence-corrected chi connectivity index (χ3v) is 2.47. The van der Waals surface area contributed by atoms with Gasteiger partial charge in [0.25, 0.3) is 5.70 Å². The van der Waals surface area contributed by atoms with Crippen LogP contribution in [0.1, 0.15) is 0 Å². The number of carboxylic acids is 1. The zero-order valence-electron chi connectivity index (χ0n) is 8.61. The molecule has 0 saturated heterocycles. The molecule has 17 heavy (non-hydrogen) atoms. The fourth-order valence-electron chi connectivity index (χ4n) is 1.03. The maximum Gasteiger partial charge on any atom is 1.00 e. The van der Waals surface area contributed by atoms with Gasteiger partial charge in [-0.3, -0.25) is 10.1 Å². The molecule has 0 aliphatic heterocycles. The molecule has 0 bridgehead atoms. The van der Waals surface area contributed by atoms with E-state index in [1.807, 2.05) is 0 Å². The molecule has 0 saturated carbocycles. The first-order valence-corrected chi connectivity index (χ1v) is 4.72. The molecule has 0 spiro atoms. The van der Waals surface area contributed by atoms with Gasteiger partial charge in [0.1, 0.15) is 0 Å². The summed E-state index contributed by atoms with van der Waals surface area (Å²) >= 11 is 0. The van der Waals surface area contributed by atoms with Crippen molar-refractivity contribution in [1.82, 2.24) is 0 Å². The fourth-order valence-corrected chi connectivity index (χ4v) is 1.63. The summed E-state index contributed by atoms with van der Waals surface area (Å²) in [6, 6.07) is 0. The first-order chi connectivity index (χ1) is 6.93. The number of carbonyl (C=O) groups excluding carboxylic acids is 1. The molecule has 0 fully saturated rings. The molecule has 0 heterocycles. The van der Waals surface area contributed by atoms with E-state index in [9.17, 15) is 28.4 Å². The Labute approximate surface area is 139 Å². The van der Waals surface area contributed by atoms with E-state index >= 15 is 0 Å². The van der Waals surface area contributed by atoms with Crippen molar-refractivity contribution in [2.24, 2.45) is 5.92 Å². The smallest absolute Gasteiger partial charge is 0.549 e. The van der Waals surface area contributed by atoms with E-state index in [1.165, 1.54) is 0 Å². The minimum Gasteiger partial charge on any atom is -0.549 e. The third kappa shape index (κ3) is 4.79. The maximum absolute atomic E-state index is 10.6. The van der Waals surface area contributed by atoms with Crippen LogP contribution in [0.2, 0.25) is 0 Å². The van der Waals surface area contributed by atoms with Crippen LogP contribution in [0.5, 0.6) is 0 Å². The van der Waals surface area contributed by atoms with Crippen LogP contribution in [0.4, 0.5) is 0 Å². The van der Waals surface area contributed by atoms with Gasteiger partial charge in [0, 0.05) is 12.2 Å². The van der Waals surface area contributed by atoms with Crippen LogP contribution in [0.15, 0.2) is 23.9 Å². The van der Waals surface area contributed by atoms with Crippen LogP contribution in [-0.4, -0.2) is 29.7 Å².